The van der Waals surface area contributed by atoms with Crippen LogP contribution >= 0.6 is 0 Å². The number of amides is 3. The molecule has 0 spiro atoms. The van der Waals surface area contributed by atoms with E-state index in [0.717, 1.165) is 17.7 Å². The number of hydrogen-bond acceptors (Lipinski definition) is 3. The number of carbonyl (C=O) groups excluding carboxylic acids is 3. The summed E-state index contributed by atoms with van der Waals surface area (Å²) < 4.78 is 0. The van der Waals surface area contributed by atoms with Gasteiger partial charge >= 0.3 is 0 Å². The van der Waals surface area contributed by atoms with Crippen molar-refractivity contribution in [2.45, 2.75) is 19.8 Å². The molecule has 0 bridgehead atoms. The average molecular weight is 351 g/mol. The predicted molar refractivity (Wildman–Crippen MR) is 99.9 cm³/mol. The van der Waals surface area contributed by atoms with Gasteiger partial charge in [-0.1, -0.05) is 25.1 Å². The van der Waals surface area contributed by atoms with Crippen LogP contribution in [0.5, 0.6) is 0 Å². The first-order valence-corrected chi connectivity index (χ1v) is 8.58. The van der Waals surface area contributed by atoms with E-state index < -0.39 is 11.8 Å². The Kier molecular flexibility index (Phi) is 5.02. The van der Waals surface area contributed by atoms with Gasteiger partial charge in [0.15, 0.2) is 0 Å². The minimum Gasteiger partial charge on any atom is -0.366 e. The summed E-state index contributed by atoms with van der Waals surface area (Å²) in [7, 11) is 0. The van der Waals surface area contributed by atoms with Gasteiger partial charge in [-0.3, -0.25) is 14.4 Å². The number of nitrogens with one attached hydrogen (secondary N) is 1. The van der Waals surface area contributed by atoms with Crippen molar-refractivity contribution in [3.63, 3.8) is 0 Å². The Bertz CT molecular complexity index is 846. The van der Waals surface area contributed by atoms with E-state index >= 15 is 0 Å². The quantitative estimate of drug-likeness (QED) is 0.866. The molecule has 6 heteroatoms. The van der Waals surface area contributed by atoms with E-state index in [4.69, 9.17) is 5.73 Å². The lowest BCUT2D eigenvalue weighted by molar-refractivity contribution is -0.122. The smallest absolute Gasteiger partial charge is 0.248 e. The number of nitrogens with two attached hydrogens (primary N) is 1. The van der Waals surface area contributed by atoms with Gasteiger partial charge in [-0.2, -0.15) is 0 Å². The molecule has 1 saturated heterocycles. The second-order valence-electron chi connectivity index (χ2n) is 6.32. The zero-order valence-electron chi connectivity index (χ0n) is 14.6. The largest absolute Gasteiger partial charge is 0.366 e. The topological polar surface area (TPSA) is 92.5 Å². The van der Waals surface area contributed by atoms with Gasteiger partial charge in [0.1, 0.15) is 0 Å². The number of hydrogen-bond donors (Lipinski definition) is 2. The van der Waals surface area contributed by atoms with Crippen molar-refractivity contribution in [2.24, 2.45) is 11.7 Å². The molecule has 0 aliphatic carbocycles. The fourth-order valence-corrected chi connectivity index (χ4v) is 3.15. The molecule has 1 aliphatic heterocycles. The van der Waals surface area contributed by atoms with E-state index in [1.807, 2.05) is 31.2 Å². The second-order valence-corrected chi connectivity index (χ2v) is 6.32. The molecule has 2 aromatic carbocycles. The van der Waals surface area contributed by atoms with Crippen molar-refractivity contribution < 1.29 is 14.4 Å². The maximum Gasteiger partial charge on any atom is 0.248 e. The summed E-state index contributed by atoms with van der Waals surface area (Å²) in [5.41, 5.74) is 8.11. The maximum atomic E-state index is 12.5. The summed E-state index contributed by atoms with van der Waals surface area (Å²) in [6.07, 6.45) is 1.01. The third-order valence-electron chi connectivity index (χ3n) is 4.60. The van der Waals surface area contributed by atoms with Gasteiger partial charge in [0.25, 0.3) is 0 Å². The molecule has 134 valence electrons. The molecule has 3 amide bonds. The molecule has 1 aliphatic rings. The molecule has 26 heavy (non-hydrogen) atoms. The molecule has 0 aromatic heterocycles. The average Bonchev–Trinajstić information content (AvgIpc) is 3.04. The summed E-state index contributed by atoms with van der Waals surface area (Å²) >= 11 is 0. The second kappa shape index (κ2) is 7.39. The lowest BCUT2D eigenvalue weighted by Gasteiger charge is -2.20. The summed E-state index contributed by atoms with van der Waals surface area (Å²) in [5, 5.41) is 2.80. The minimum absolute atomic E-state index is 0.0462. The molecule has 3 N–H and O–H groups in total. The number of rotatable bonds is 5. The van der Waals surface area contributed by atoms with Gasteiger partial charge in [0.2, 0.25) is 17.7 Å². The Morgan fingerprint density at radius 3 is 2.50 bits per heavy atom. The van der Waals surface area contributed by atoms with Crippen LogP contribution in [0.15, 0.2) is 48.5 Å². The van der Waals surface area contributed by atoms with Gasteiger partial charge in [0, 0.05) is 29.9 Å². The van der Waals surface area contributed by atoms with Gasteiger partial charge in [-0.05, 0) is 42.3 Å². The number of primary amides is 1. The molecule has 1 fully saturated rings. The minimum atomic E-state index is -0.519. The van der Waals surface area contributed by atoms with Crippen LogP contribution in [0.1, 0.15) is 29.3 Å². The fourth-order valence-electron chi connectivity index (χ4n) is 3.15. The lowest BCUT2D eigenvalue weighted by atomic mass is 10.1. The monoisotopic (exact) mass is 351 g/mol. The van der Waals surface area contributed by atoms with Crippen molar-refractivity contribution in [3.05, 3.63) is 59.7 Å². The normalized spacial score (nSPS) is 16.6. The van der Waals surface area contributed by atoms with E-state index in [0.29, 0.717) is 17.8 Å². The highest BCUT2D eigenvalue weighted by Crippen LogP contribution is 2.29. The van der Waals surface area contributed by atoms with Crippen molar-refractivity contribution in [3.8, 4) is 0 Å². The van der Waals surface area contributed by atoms with Gasteiger partial charge in [-0.15, -0.1) is 0 Å². The fraction of sp³-hybridized carbons (Fsp3) is 0.250. The zero-order valence-corrected chi connectivity index (χ0v) is 14.6. The van der Waals surface area contributed by atoms with Crippen LogP contribution in [0, 0.1) is 5.92 Å². The van der Waals surface area contributed by atoms with Crippen LogP contribution < -0.4 is 16.0 Å². The Morgan fingerprint density at radius 1 is 1.15 bits per heavy atom. The van der Waals surface area contributed by atoms with Crippen molar-refractivity contribution in [1.82, 2.24) is 0 Å². The first-order chi connectivity index (χ1) is 12.5. The van der Waals surface area contributed by atoms with Crippen LogP contribution in [0.3, 0.4) is 0 Å². The number of nitrogens with zero attached hydrogens (tertiary/aromatic N) is 1. The molecular formula is C20H21N3O3. The summed E-state index contributed by atoms with van der Waals surface area (Å²) in [6.45, 7) is 2.40. The van der Waals surface area contributed by atoms with Crippen LogP contribution in [0.25, 0.3) is 0 Å². The van der Waals surface area contributed by atoms with Crippen molar-refractivity contribution >= 4 is 29.1 Å². The van der Waals surface area contributed by atoms with E-state index in [1.54, 1.807) is 29.2 Å². The van der Waals surface area contributed by atoms with E-state index in [2.05, 4.69) is 5.32 Å². The molecule has 1 atom stereocenters. The van der Waals surface area contributed by atoms with E-state index in [-0.39, 0.29) is 18.2 Å². The van der Waals surface area contributed by atoms with E-state index in [1.165, 1.54) is 0 Å². The maximum absolute atomic E-state index is 12.5. The zero-order chi connectivity index (χ0) is 18.7. The highest BCUT2D eigenvalue weighted by Gasteiger charge is 2.35. The molecule has 3 rings (SSSR count). The number of aryl methyl sites for hydroxylation is 1. The van der Waals surface area contributed by atoms with Crippen LogP contribution in [-0.2, 0) is 16.0 Å². The van der Waals surface area contributed by atoms with E-state index in [9.17, 15) is 14.4 Å². The number of anilines is 2. The third-order valence-corrected chi connectivity index (χ3v) is 4.60. The Labute approximate surface area is 152 Å². The summed E-state index contributed by atoms with van der Waals surface area (Å²) in [6, 6.07) is 14.1. The van der Waals surface area contributed by atoms with Gasteiger partial charge < -0.3 is 16.0 Å². The Morgan fingerprint density at radius 2 is 1.85 bits per heavy atom. The Hall–Kier alpha value is -3.15. The first kappa shape index (κ1) is 17.7. The Balaban J connectivity index is 1.70. The van der Waals surface area contributed by atoms with Gasteiger partial charge in [0.05, 0.1) is 5.92 Å². The molecular weight excluding hydrogens is 330 g/mol. The standard InChI is InChI=1S/C20H21N3O3/c1-2-13-5-3-4-6-17(13)23-12-15(11-18(23)24)20(26)22-16-9-7-14(8-10-16)19(21)25/h3-10,15H,2,11-12H2,1H3,(H2,21,25)(H,22,26)/t15-/m0/s1. The third kappa shape index (κ3) is 3.59. The van der Waals surface area contributed by atoms with Gasteiger partial charge in [-0.25, -0.2) is 0 Å². The highest BCUT2D eigenvalue weighted by atomic mass is 16.2. The SMILES string of the molecule is CCc1ccccc1N1C[C@@H](C(=O)Nc2ccc(C(N)=O)cc2)CC1=O. The lowest BCUT2D eigenvalue weighted by Crippen LogP contribution is -2.28. The molecule has 0 radical (unpaired) electrons. The molecule has 1 heterocycles. The van der Waals surface area contributed by atoms with Crippen LogP contribution in [0.4, 0.5) is 11.4 Å². The van der Waals surface area contributed by atoms with Crippen molar-refractivity contribution in [1.29, 1.82) is 0 Å². The number of carbonyl (C=O) groups is 3. The number of benzene rings is 2. The highest BCUT2D eigenvalue weighted by molar-refractivity contribution is 6.04. The summed E-state index contributed by atoms with van der Waals surface area (Å²) in [5.74, 6) is -1.19. The van der Waals surface area contributed by atoms with Crippen molar-refractivity contribution in [2.75, 3.05) is 16.8 Å². The molecule has 6 nitrogen and oxygen atoms in total. The molecule has 0 unspecified atom stereocenters. The molecule has 0 saturated carbocycles. The predicted octanol–water partition coefficient (Wildman–Crippen LogP) is 2.34. The van der Waals surface area contributed by atoms with Crippen LogP contribution in [0.2, 0.25) is 0 Å². The number of para-hydroxylation sites is 1. The van der Waals surface area contributed by atoms with Crippen LogP contribution in [-0.4, -0.2) is 24.3 Å². The summed E-state index contributed by atoms with van der Waals surface area (Å²) in [4.78, 5) is 37.7. The molecule has 2 aromatic rings. The first-order valence-electron chi connectivity index (χ1n) is 8.58.